The van der Waals surface area contributed by atoms with Crippen LogP contribution in [0.15, 0.2) is 66.5 Å². The Morgan fingerprint density at radius 2 is 2.00 bits per heavy atom. The van der Waals surface area contributed by atoms with E-state index < -0.39 is 11.4 Å². The Morgan fingerprint density at radius 1 is 1.21 bits per heavy atom. The van der Waals surface area contributed by atoms with Crippen molar-refractivity contribution in [3.8, 4) is 28.8 Å². The number of halogens is 1. The zero-order chi connectivity index (χ0) is 29.9. The van der Waals surface area contributed by atoms with Crippen molar-refractivity contribution in [2.24, 2.45) is 0 Å². The monoisotopic (exact) mass is 569 g/mol. The number of likely N-dealkylation sites (tertiary alicyclic amines) is 1. The van der Waals surface area contributed by atoms with Crippen LogP contribution in [0.4, 0.5) is 10.2 Å². The van der Waals surface area contributed by atoms with E-state index in [0.29, 0.717) is 60.8 Å². The lowest BCUT2D eigenvalue weighted by Crippen LogP contribution is -2.42. The first-order chi connectivity index (χ1) is 20.2. The predicted octanol–water partition coefficient (Wildman–Crippen LogP) is 5.44. The average molecular weight is 570 g/mol. The number of ether oxygens (including phenoxy) is 2. The molecular formula is C31H32FN7O3. The van der Waals surface area contributed by atoms with E-state index in [2.05, 4.69) is 9.97 Å². The number of benzene rings is 2. The summed E-state index contributed by atoms with van der Waals surface area (Å²) in [7, 11) is 0. The third-order valence-corrected chi connectivity index (χ3v) is 7.08. The maximum Gasteiger partial charge on any atom is 0.264 e. The van der Waals surface area contributed by atoms with Gasteiger partial charge in [-0.05, 0) is 64.0 Å². The highest BCUT2D eigenvalue weighted by atomic mass is 19.1. The smallest absolute Gasteiger partial charge is 0.264 e. The number of nitrogen functional groups attached to an aromatic ring is 1. The number of carbonyl (C=O) groups is 1. The van der Waals surface area contributed by atoms with Crippen molar-refractivity contribution in [1.82, 2.24) is 24.6 Å². The van der Waals surface area contributed by atoms with Crippen molar-refractivity contribution in [3.05, 3.63) is 72.3 Å². The third kappa shape index (κ3) is 5.94. The molecule has 1 amide bonds. The van der Waals surface area contributed by atoms with Gasteiger partial charge in [-0.3, -0.25) is 4.79 Å². The second-order valence-corrected chi connectivity index (χ2v) is 10.6. The quantitative estimate of drug-likeness (QED) is 0.219. The highest BCUT2D eigenvalue weighted by molar-refractivity contribution is 5.99. The van der Waals surface area contributed by atoms with Gasteiger partial charge in [0, 0.05) is 31.3 Å². The summed E-state index contributed by atoms with van der Waals surface area (Å²) in [4.78, 5) is 23.6. The molecule has 1 fully saturated rings. The molecule has 0 spiro atoms. The molecule has 10 nitrogen and oxygen atoms in total. The standard InChI is InChI=1S/C31H32FN7O3/c1-4-41-31(2,3)16-20(17-33)30(40)38-14-8-9-21(18-38)39-29-26(28(34)35-19-36-29)27(37-39)24-13-12-23(15-25(24)32)42-22-10-6-5-7-11-22/h5-7,10-13,15-16,19,21H,4,8-9,14,18H2,1-3H3,(H2,34,35,36)/b20-16-/t21-/m0/s1. The van der Waals surface area contributed by atoms with Crippen LogP contribution in [0.3, 0.4) is 0 Å². The van der Waals surface area contributed by atoms with Crippen LogP contribution in [-0.2, 0) is 9.53 Å². The lowest BCUT2D eigenvalue weighted by atomic mass is 10.0. The summed E-state index contributed by atoms with van der Waals surface area (Å²) in [5, 5.41) is 15.0. The number of anilines is 1. The molecule has 2 N–H and O–H groups in total. The van der Waals surface area contributed by atoms with Crippen molar-refractivity contribution in [1.29, 1.82) is 5.26 Å². The first-order valence-corrected chi connectivity index (χ1v) is 13.8. The molecule has 0 aliphatic carbocycles. The Balaban J connectivity index is 1.47. The number of piperidine rings is 1. The molecule has 1 atom stereocenters. The maximum absolute atomic E-state index is 15.5. The SMILES string of the molecule is CCOC(C)(C)/C=C(/C#N)C(=O)N1CCC[C@H](n2nc(-c3ccc(Oc4ccccc4)cc3F)c3c(N)ncnc32)C1. The van der Waals surface area contributed by atoms with Gasteiger partial charge in [0.05, 0.1) is 17.0 Å². The number of nitriles is 1. The molecule has 5 rings (SSSR count). The minimum atomic E-state index is -0.766. The van der Waals surface area contributed by atoms with Gasteiger partial charge in [-0.25, -0.2) is 19.0 Å². The first-order valence-electron chi connectivity index (χ1n) is 13.8. The van der Waals surface area contributed by atoms with Crippen molar-refractivity contribution in [2.75, 3.05) is 25.4 Å². The van der Waals surface area contributed by atoms with Crippen molar-refractivity contribution < 1.29 is 18.7 Å². The number of aromatic nitrogens is 4. The number of hydrogen-bond donors (Lipinski definition) is 1. The van der Waals surface area contributed by atoms with Gasteiger partial charge in [-0.2, -0.15) is 10.4 Å². The minimum Gasteiger partial charge on any atom is -0.457 e. The molecular weight excluding hydrogens is 537 g/mol. The molecule has 4 aromatic rings. The summed E-state index contributed by atoms with van der Waals surface area (Å²) < 4.78 is 28.7. The fourth-order valence-electron chi connectivity index (χ4n) is 5.23. The number of rotatable bonds is 8. The molecule has 11 heteroatoms. The number of fused-ring (bicyclic) bond motifs is 1. The second-order valence-electron chi connectivity index (χ2n) is 10.6. The normalized spacial score (nSPS) is 15.9. The lowest BCUT2D eigenvalue weighted by Gasteiger charge is -2.33. The Bertz CT molecular complexity index is 1680. The summed E-state index contributed by atoms with van der Waals surface area (Å²) in [6.45, 7) is 6.70. The fraction of sp³-hybridized carbons (Fsp3) is 0.323. The molecule has 0 radical (unpaired) electrons. The van der Waals surface area contributed by atoms with Crippen LogP contribution in [-0.4, -0.2) is 55.9 Å². The van der Waals surface area contributed by atoms with Crippen LogP contribution in [0.1, 0.15) is 39.7 Å². The summed E-state index contributed by atoms with van der Waals surface area (Å²) in [6, 6.07) is 15.4. The van der Waals surface area contributed by atoms with Gasteiger partial charge >= 0.3 is 0 Å². The Hall–Kier alpha value is -4.82. The number of amides is 1. The van der Waals surface area contributed by atoms with Gasteiger partial charge < -0.3 is 20.1 Å². The van der Waals surface area contributed by atoms with Gasteiger partial charge in [0.25, 0.3) is 5.91 Å². The zero-order valence-corrected chi connectivity index (χ0v) is 23.7. The third-order valence-electron chi connectivity index (χ3n) is 7.08. The molecule has 2 aromatic carbocycles. The van der Waals surface area contributed by atoms with Crippen molar-refractivity contribution in [2.45, 2.75) is 45.3 Å². The van der Waals surface area contributed by atoms with Gasteiger partial charge in [-0.15, -0.1) is 0 Å². The summed E-state index contributed by atoms with van der Waals surface area (Å²) in [5.74, 6) is 0.178. The molecule has 0 bridgehead atoms. The number of nitrogens with zero attached hydrogens (tertiary/aromatic N) is 6. The molecule has 3 heterocycles. The average Bonchev–Trinajstić information content (AvgIpc) is 3.37. The highest BCUT2D eigenvalue weighted by Crippen LogP contribution is 2.36. The highest BCUT2D eigenvalue weighted by Gasteiger charge is 2.31. The molecule has 42 heavy (non-hydrogen) atoms. The van der Waals surface area contributed by atoms with Gasteiger partial charge in [0.15, 0.2) is 5.65 Å². The van der Waals surface area contributed by atoms with Crippen LogP contribution >= 0.6 is 0 Å². The topological polar surface area (TPSA) is 132 Å². The van der Waals surface area contributed by atoms with E-state index in [1.165, 1.54) is 12.4 Å². The van der Waals surface area contributed by atoms with Crippen LogP contribution in [0.25, 0.3) is 22.3 Å². The molecule has 0 saturated carbocycles. The minimum absolute atomic E-state index is 0.0200. The van der Waals surface area contributed by atoms with E-state index in [-0.39, 0.29) is 28.9 Å². The molecule has 1 aliphatic rings. The summed E-state index contributed by atoms with van der Waals surface area (Å²) in [5.41, 5.74) is 6.48. The molecule has 1 saturated heterocycles. The molecule has 0 unspecified atom stereocenters. The van der Waals surface area contributed by atoms with Gasteiger partial charge in [0.2, 0.25) is 0 Å². The number of para-hydroxylation sites is 1. The second kappa shape index (κ2) is 12.0. The summed E-state index contributed by atoms with van der Waals surface area (Å²) >= 11 is 0. The van der Waals surface area contributed by atoms with Gasteiger partial charge in [-0.1, -0.05) is 18.2 Å². The van der Waals surface area contributed by atoms with Crippen LogP contribution in [0.5, 0.6) is 11.5 Å². The zero-order valence-electron chi connectivity index (χ0n) is 23.7. The Kier molecular flexibility index (Phi) is 8.17. The number of carbonyl (C=O) groups excluding carboxylic acids is 1. The molecule has 1 aliphatic heterocycles. The van der Waals surface area contributed by atoms with E-state index in [4.69, 9.17) is 20.3 Å². The number of hydrogen-bond acceptors (Lipinski definition) is 8. The van der Waals surface area contributed by atoms with Gasteiger partial charge in [0.1, 0.15) is 46.8 Å². The predicted molar refractivity (Wildman–Crippen MR) is 156 cm³/mol. The van der Waals surface area contributed by atoms with Crippen molar-refractivity contribution in [3.63, 3.8) is 0 Å². The lowest BCUT2D eigenvalue weighted by molar-refractivity contribution is -0.128. The maximum atomic E-state index is 15.5. The van der Waals surface area contributed by atoms with Crippen LogP contribution in [0.2, 0.25) is 0 Å². The van der Waals surface area contributed by atoms with E-state index in [9.17, 15) is 10.1 Å². The number of nitrogens with two attached hydrogens (primary N) is 1. The van der Waals surface area contributed by atoms with E-state index in [0.717, 1.165) is 0 Å². The molecule has 2 aromatic heterocycles. The largest absolute Gasteiger partial charge is 0.457 e. The fourth-order valence-corrected chi connectivity index (χ4v) is 5.23. The molecule has 216 valence electrons. The summed E-state index contributed by atoms with van der Waals surface area (Å²) in [6.07, 6.45) is 4.28. The van der Waals surface area contributed by atoms with Crippen LogP contribution < -0.4 is 10.5 Å². The van der Waals surface area contributed by atoms with E-state index in [1.54, 1.807) is 53.8 Å². The van der Waals surface area contributed by atoms with E-state index in [1.807, 2.05) is 31.2 Å². The first kappa shape index (κ1) is 28.7. The Labute approximate surface area is 243 Å². The Morgan fingerprint density at radius 3 is 2.71 bits per heavy atom. The van der Waals surface area contributed by atoms with Crippen LogP contribution in [0, 0.1) is 17.1 Å². The van der Waals surface area contributed by atoms with E-state index >= 15 is 4.39 Å². The van der Waals surface area contributed by atoms with Crippen molar-refractivity contribution >= 4 is 22.8 Å².